The van der Waals surface area contributed by atoms with E-state index in [1.54, 1.807) is 7.11 Å². The first-order chi connectivity index (χ1) is 16.2. The molecular formula is C25H23N3O4S2. The van der Waals surface area contributed by atoms with Crippen LogP contribution in [0.2, 0.25) is 0 Å². The van der Waals surface area contributed by atoms with Crippen molar-refractivity contribution in [1.29, 1.82) is 0 Å². The van der Waals surface area contributed by atoms with Crippen LogP contribution in [0.3, 0.4) is 0 Å². The van der Waals surface area contributed by atoms with Crippen molar-refractivity contribution in [3.8, 4) is 27.4 Å². The van der Waals surface area contributed by atoms with E-state index in [2.05, 4.69) is 38.2 Å². The summed E-state index contributed by atoms with van der Waals surface area (Å²) in [6.45, 7) is 6.49. The largest absolute Gasteiger partial charge is 0.497 e. The molecule has 4 aromatic rings. The molecule has 4 rings (SSSR count). The molecule has 1 N–H and O–H groups in total. The van der Waals surface area contributed by atoms with Crippen LogP contribution in [0.4, 0.5) is 10.1 Å². The second-order valence-electron chi connectivity index (χ2n) is 8.60. The first-order valence-corrected chi connectivity index (χ1v) is 12.1. The maximum atomic E-state index is 12.7. The van der Waals surface area contributed by atoms with E-state index in [-0.39, 0.29) is 15.3 Å². The summed E-state index contributed by atoms with van der Waals surface area (Å²) in [5, 5.41) is 14.1. The Balaban J connectivity index is 1.71. The van der Waals surface area contributed by atoms with Crippen molar-refractivity contribution in [3.05, 3.63) is 81.2 Å². The zero-order valence-corrected chi connectivity index (χ0v) is 20.8. The Labute approximate surface area is 205 Å². The summed E-state index contributed by atoms with van der Waals surface area (Å²) in [4.78, 5) is 29.0. The SMILES string of the molecule is COc1ccc(-c2sc(NC(=O)c3ccc([N+](=O)[O-])s3)nc2-c2ccc(C(C)(C)C)cc2)cc1. The highest BCUT2D eigenvalue weighted by Crippen LogP contribution is 2.40. The number of benzene rings is 2. The summed E-state index contributed by atoms with van der Waals surface area (Å²) < 4.78 is 5.27. The maximum absolute atomic E-state index is 12.7. The Morgan fingerprint density at radius 1 is 0.971 bits per heavy atom. The minimum atomic E-state index is -0.508. The van der Waals surface area contributed by atoms with Crippen LogP contribution >= 0.6 is 22.7 Å². The Hall–Kier alpha value is -3.56. The summed E-state index contributed by atoms with van der Waals surface area (Å²) in [7, 11) is 1.62. The van der Waals surface area contributed by atoms with E-state index in [9.17, 15) is 14.9 Å². The van der Waals surface area contributed by atoms with Gasteiger partial charge in [-0.05, 0) is 46.9 Å². The Bertz CT molecular complexity index is 1330. The van der Waals surface area contributed by atoms with Crippen molar-refractivity contribution in [1.82, 2.24) is 4.98 Å². The van der Waals surface area contributed by atoms with Crippen LogP contribution in [0.25, 0.3) is 21.7 Å². The van der Waals surface area contributed by atoms with Crippen LogP contribution in [0.5, 0.6) is 5.75 Å². The summed E-state index contributed by atoms with van der Waals surface area (Å²) in [6.07, 6.45) is 0. The molecule has 0 saturated heterocycles. The fourth-order valence-corrected chi connectivity index (χ4v) is 5.05. The number of nitrogens with one attached hydrogen (secondary N) is 1. The van der Waals surface area contributed by atoms with Crippen LogP contribution in [0.1, 0.15) is 36.0 Å². The summed E-state index contributed by atoms with van der Waals surface area (Å²) in [5.74, 6) is 0.319. The lowest BCUT2D eigenvalue weighted by molar-refractivity contribution is -0.380. The van der Waals surface area contributed by atoms with Gasteiger partial charge >= 0.3 is 5.00 Å². The number of hydrogen-bond donors (Lipinski definition) is 1. The van der Waals surface area contributed by atoms with Gasteiger partial charge in [-0.2, -0.15) is 0 Å². The van der Waals surface area contributed by atoms with Gasteiger partial charge in [0.05, 0.1) is 27.5 Å². The summed E-state index contributed by atoms with van der Waals surface area (Å²) in [6, 6.07) is 18.7. The van der Waals surface area contributed by atoms with Crippen molar-refractivity contribution in [2.24, 2.45) is 0 Å². The molecule has 0 spiro atoms. The van der Waals surface area contributed by atoms with Gasteiger partial charge < -0.3 is 4.74 Å². The van der Waals surface area contributed by atoms with Crippen molar-refractivity contribution in [2.75, 3.05) is 12.4 Å². The second kappa shape index (κ2) is 9.36. The average Bonchev–Trinajstić information content (AvgIpc) is 3.47. The molecule has 2 aromatic heterocycles. The molecule has 0 saturated carbocycles. The number of hydrogen-bond acceptors (Lipinski definition) is 7. The second-order valence-corrected chi connectivity index (χ2v) is 10.7. The fraction of sp³-hybridized carbons (Fsp3) is 0.200. The zero-order chi connectivity index (χ0) is 24.5. The van der Waals surface area contributed by atoms with E-state index in [1.807, 2.05) is 36.4 Å². The van der Waals surface area contributed by atoms with Crippen molar-refractivity contribution in [2.45, 2.75) is 26.2 Å². The van der Waals surface area contributed by atoms with Gasteiger partial charge in [0, 0.05) is 11.6 Å². The Morgan fingerprint density at radius 3 is 2.18 bits per heavy atom. The fourth-order valence-electron chi connectivity index (χ4n) is 3.34. The highest BCUT2D eigenvalue weighted by atomic mass is 32.1. The predicted octanol–water partition coefficient (Wildman–Crippen LogP) is 7.01. The molecule has 34 heavy (non-hydrogen) atoms. The van der Waals surface area contributed by atoms with Crippen LogP contribution in [0.15, 0.2) is 60.7 Å². The smallest absolute Gasteiger partial charge is 0.324 e. The number of anilines is 1. The Morgan fingerprint density at radius 2 is 1.62 bits per heavy atom. The third kappa shape index (κ3) is 5.00. The van der Waals surface area contributed by atoms with Gasteiger partial charge in [-0.1, -0.05) is 67.7 Å². The number of carbonyl (C=O) groups is 1. The molecule has 7 nitrogen and oxygen atoms in total. The van der Waals surface area contributed by atoms with E-state index >= 15 is 0 Å². The maximum Gasteiger partial charge on any atom is 0.324 e. The Kier molecular flexibility index (Phi) is 6.49. The molecule has 0 aliphatic rings. The number of methoxy groups -OCH3 is 1. The summed E-state index contributed by atoms with van der Waals surface area (Å²) >= 11 is 2.19. The van der Waals surface area contributed by atoms with Gasteiger partial charge in [-0.25, -0.2) is 4.98 Å². The van der Waals surface area contributed by atoms with Crippen LogP contribution < -0.4 is 10.1 Å². The predicted molar refractivity (Wildman–Crippen MR) is 137 cm³/mol. The molecule has 9 heteroatoms. The molecule has 0 radical (unpaired) electrons. The molecule has 0 atom stereocenters. The first-order valence-electron chi connectivity index (χ1n) is 10.5. The highest BCUT2D eigenvalue weighted by Gasteiger charge is 2.20. The van der Waals surface area contributed by atoms with Crippen molar-refractivity contribution in [3.63, 3.8) is 0 Å². The van der Waals surface area contributed by atoms with Gasteiger partial charge in [-0.3, -0.25) is 20.2 Å². The monoisotopic (exact) mass is 493 g/mol. The number of thiazole rings is 1. The number of nitrogens with zero attached hydrogens (tertiary/aromatic N) is 2. The van der Waals surface area contributed by atoms with Gasteiger partial charge in [0.2, 0.25) is 0 Å². The molecule has 174 valence electrons. The number of amides is 1. The third-order valence-corrected chi connectivity index (χ3v) is 7.28. The number of ether oxygens (including phenoxy) is 1. The van der Waals surface area contributed by atoms with Gasteiger partial charge in [-0.15, -0.1) is 0 Å². The van der Waals surface area contributed by atoms with Crippen LogP contribution in [-0.4, -0.2) is 22.9 Å². The highest BCUT2D eigenvalue weighted by molar-refractivity contribution is 7.20. The zero-order valence-electron chi connectivity index (χ0n) is 19.1. The molecular weight excluding hydrogens is 470 g/mol. The number of thiophene rings is 1. The molecule has 0 aliphatic carbocycles. The van der Waals surface area contributed by atoms with Crippen LogP contribution in [-0.2, 0) is 5.41 Å². The lowest BCUT2D eigenvalue weighted by Crippen LogP contribution is -2.10. The number of rotatable bonds is 6. The number of nitro groups is 1. The molecule has 0 fully saturated rings. The minimum absolute atomic E-state index is 0.0296. The molecule has 0 unspecified atom stereocenters. The minimum Gasteiger partial charge on any atom is -0.497 e. The third-order valence-electron chi connectivity index (χ3n) is 5.22. The quantitative estimate of drug-likeness (QED) is 0.230. The van der Waals surface area contributed by atoms with E-state index in [0.29, 0.717) is 5.13 Å². The standard InChI is InChI=1S/C25H23N3O4S2/c1-25(2,3)17-9-5-15(6-10-17)21-22(16-7-11-18(32-4)12-8-16)34-24(26-21)27-23(29)19-13-14-20(33-19)28(30)31/h5-14H,1-4H3,(H,26,27,29). The van der Waals surface area contributed by atoms with Gasteiger partial charge in [0.15, 0.2) is 5.13 Å². The normalized spacial score (nSPS) is 11.3. The summed E-state index contributed by atoms with van der Waals surface area (Å²) in [5.41, 5.74) is 3.87. The van der Waals surface area contributed by atoms with E-state index in [4.69, 9.17) is 9.72 Å². The molecule has 0 bridgehead atoms. The van der Waals surface area contributed by atoms with Crippen molar-refractivity contribution >= 4 is 38.7 Å². The molecule has 0 aliphatic heterocycles. The topological polar surface area (TPSA) is 94.4 Å². The molecule has 1 amide bonds. The lowest BCUT2D eigenvalue weighted by Gasteiger charge is -2.19. The van der Waals surface area contributed by atoms with Gasteiger partial charge in [0.25, 0.3) is 5.91 Å². The molecule has 2 heterocycles. The van der Waals surface area contributed by atoms with E-state index < -0.39 is 10.8 Å². The number of carbonyl (C=O) groups excluding carboxylic acids is 1. The van der Waals surface area contributed by atoms with E-state index in [0.717, 1.165) is 38.8 Å². The van der Waals surface area contributed by atoms with Crippen LogP contribution in [0, 0.1) is 10.1 Å². The average molecular weight is 494 g/mol. The van der Waals surface area contributed by atoms with Crippen molar-refractivity contribution < 1.29 is 14.5 Å². The first kappa shape index (κ1) is 23.6. The lowest BCUT2D eigenvalue weighted by atomic mass is 9.86. The van der Waals surface area contributed by atoms with Gasteiger partial charge in [0.1, 0.15) is 5.75 Å². The van der Waals surface area contributed by atoms with E-state index in [1.165, 1.54) is 29.0 Å². The molecule has 2 aromatic carbocycles. The number of aromatic nitrogens is 1.